The Kier molecular flexibility index (Phi) is 4.20. The summed E-state index contributed by atoms with van der Waals surface area (Å²) in [5, 5.41) is 21.8. The van der Waals surface area contributed by atoms with Crippen LogP contribution >= 0.6 is 0 Å². The Morgan fingerprint density at radius 1 is 1.39 bits per heavy atom. The number of benzene rings is 1. The second-order valence-electron chi connectivity index (χ2n) is 7.19. The summed E-state index contributed by atoms with van der Waals surface area (Å²) in [6, 6.07) is 0.725. The smallest absolute Gasteiger partial charge is 0.404 e. The molecule has 2 aliphatic rings. The number of halogens is 1. The number of rotatable bonds is 4. The van der Waals surface area contributed by atoms with Crippen molar-refractivity contribution < 1.29 is 24.1 Å². The molecule has 28 heavy (non-hydrogen) atoms. The van der Waals surface area contributed by atoms with Crippen LogP contribution in [0.3, 0.4) is 0 Å². The lowest BCUT2D eigenvalue weighted by atomic mass is 10.1. The Morgan fingerprint density at radius 2 is 2.11 bits per heavy atom. The van der Waals surface area contributed by atoms with E-state index in [4.69, 9.17) is 15.6 Å². The number of amides is 1. The van der Waals surface area contributed by atoms with Crippen LogP contribution in [0.15, 0.2) is 10.9 Å². The van der Waals surface area contributed by atoms with Crippen molar-refractivity contribution in [2.24, 2.45) is 0 Å². The molecule has 9 nitrogen and oxygen atoms in total. The van der Waals surface area contributed by atoms with Crippen LogP contribution in [-0.4, -0.2) is 47.1 Å². The summed E-state index contributed by atoms with van der Waals surface area (Å²) >= 11 is 0. The van der Waals surface area contributed by atoms with Crippen molar-refractivity contribution in [1.82, 2.24) is 9.88 Å². The molecule has 1 aromatic carbocycles. The van der Waals surface area contributed by atoms with E-state index in [-0.39, 0.29) is 41.1 Å². The summed E-state index contributed by atoms with van der Waals surface area (Å²) in [7, 11) is 1.37. The van der Waals surface area contributed by atoms with E-state index in [9.17, 15) is 14.7 Å². The topological polar surface area (TPSA) is 130 Å². The van der Waals surface area contributed by atoms with Crippen molar-refractivity contribution in [3.63, 3.8) is 0 Å². The number of methoxy groups -OCH3 is 1. The molecule has 10 heteroatoms. The fraction of sp³-hybridized carbons (Fsp3) is 0.444. The number of hydrogen-bond donors (Lipinski definition) is 4. The molecule has 0 bridgehead atoms. The average Bonchev–Trinajstić information content (AvgIpc) is 3.38. The fourth-order valence-electron chi connectivity index (χ4n) is 3.93. The Labute approximate surface area is 159 Å². The molecular weight excluding hydrogens is 371 g/mol. The molecule has 1 aliphatic heterocycles. The van der Waals surface area contributed by atoms with Gasteiger partial charge in [-0.05, 0) is 25.3 Å². The number of ether oxygens (including phenoxy) is 1. The van der Waals surface area contributed by atoms with Crippen LogP contribution in [-0.2, 0) is 0 Å². The van der Waals surface area contributed by atoms with E-state index in [0.29, 0.717) is 18.5 Å². The fourth-order valence-corrected chi connectivity index (χ4v) is 3.93. The SMILES string of the molecule is COc1c(N2CCC(NC(=O)O)C2)c(F)cc2c(O)c(N)c(=O)n(C3CC3)c12. The first-order valence-corrected chi connectivity index (χ1v) is 9.01. The maximum Gasteiger partial charge on any atom is 0.404 e. The standard InChI is InChI=1S/C18H21FN4O5/c1-28-16-13-10(15(24)12(20)17(25)23(13)9-2-3-9)6-11(19)14(16)22-5-4-8(7-22)21-18(26)27/h6,8-9,21,24H,2-5,7,20H2,1H3,(H,26,27). The molecule has 1 amide bonds. The van der Waals surface area contributed by atoms with Crippen LogP contribution in [0.25, 0.3) is 10.9 Å². The van der Waals surface area contributed by atoms with Gasteiger partial charge >= 0.3 is 6.09 Å². The van der Waals surface area contributed by atoms with Crippen molar-refractivity contribution >= 4 is 28.4 Å². The van der Waals surface area contributed by atoms with Crippen LogP contribution in [0, 0.1) is 5.82 Å². The third kappa shape index (κ3) is 2.76. The van der Waals surface area contributed by atoms with E-state index in [2.05, 4.69) is 5.32 Å². The van der Waals surface area contributed by atoms with Crippen LogP contribution < -0.4 is 26.2 Å². The Hall–Kier alpha value is -3.17. The Morgan fingerprint density at radius 3 is 2.71 bits per heavy atom. The zero-order chi connectivity index (χ0) is 20.2. The molecule has 2 fully saturated rings. The van der Waals surface area contributed by atoms with Gasteiger partial charge in [-0.3, -0.25) is 9.36 Å². The van der Waals surface area contributed by atoms with E-state index >= 15 is 4.39 Å². The van der Waals surface area contributed by atoms with Gasteiger partial charge in [-0.15, -0.1) is 0 Å². The molecule has 1 atom stereocenters. The number of nitrogens with two attached hydrogens (primary N) is 1. The van der Waals surface area contributed by atoms with E-state index in [1.54, 1.807) is 4.90 Å². The average molecular weight is 392 g/mol. The van der Waals surface area contributed by atoms with Gasteiger partial charge in [0, 0.05) is 24.5 Å². The molecule has 1 aromatic heterocycles. The third-order valence-electron chi connectivity index (χ3n) is 5.33. The van der Waals surface area contributed by atoms with E-state index in [1.165, 1.54) is 11.7 Å². The molecule has 1 saturated heterocycles. The van der Waals surface area contributed by atoms with Crippen molar-refractivity contribution in [2.45, 2.75) is 31.3 Å². The van der Waals surface area contributed by atoms with Gasteiger partial charge in [0.25, 0.3) is 5.56 Å². The number of nitrogens with zero attached hydrogens (tertiary/aromatic N) is 2. The van der Waals surface area contributed by atoms with Crippen molar-refractivity contribution in [3.05, 3.63) is 22.2 Å². The second-order valence-corrected chi connectivity index (χ2v) is 7.19. The molecule has 0 radical (unpaired) electrons. The first-order chi connectivity index (χ1) is 13.3. The number of pyridine rings is 1. The van der Waals surface area contributed by atoms with E-state index < -0.39 is 23.2 Å². The minimum absolute atomic E-state index is 0.0786. The zero-order valence-electron chi connectivity index (χ0n) is 15.2. The van der Waals surface area contributed by atoms with Gasteiger partial charge in [0.2, 0.25) is 0 Å². The van der Waals surface area contributed by atoms with Crippen LogP contribution in [0.4, 0.5) is 20.6 Å². The van der Waals surface area contributed by atoms with Crippen molar-refractivity contribution in [2.75, 3.05) is 30.8 Å². The van der Waals surface area contributed by atoms with Gasteiger partial charge < -0.3 is 30.9 Å². The van der Waals surface area contributed by atoms with E-state index in [0.717, 1.165) is 18.9 Å². The maximum absolute atomic E-state index is 15.1. The number of anilines is 2. The first kappa shape index (κ1) is 18.2. The molecule has 2 heterocycles. The molecule has 4 rings (SSSR count). The number of fused-ring (bicyclic) bond motifs is 1. The highest BCUT2D eigenvalue weighted by Crippen LogP contribution is 2.46. The molecule has 150 valence electrons. The molecule has 2 aromatic rings. The monoisotopic (exact) mass is 392 g/mol. The van der Waals surface area contributed by atoms with Crippen LogP contribution in [0.1, 0.15) is 25.3 Å². The summed E-state index contributed by atoms with van der Waals surface area (Å²) < 4.78 is 22.0. The highest BCUT2D eigenvalue weighted by molar-refractivity contribution is 5.98. The highest BCUT2D eigenvalue weighted by atomic mass is 19.1. The molecule has 1 aliphatic carbocycles. The lowest BCUT2D eigenvalue weighted by molar-refractivity contribution is 0.191. The van der Waals surface area contributed by atoms with E-state index in [1.807, 2.05) is 0 Å². The minimum atomic E-state index is -1.14. The predicted octanol–water partition coefficient (Wildman–Crippen LogP) is 1.62. The van der Waals surface area contributed by atoms with Crippen LogP contribution in [0.5, 0.6) is 11.5 Å². The van der Waals surface area contributed by atoms with Crippen molar-refractivity contribution in [3.8, 4) is 11.5 Å². The number of nitrogen functional groups attached to an aromatic ring is 1. The molecule has 0 spiro atoms. The normalized spacial score (nSPS) is 19.2. The van der Waals surface area contributed by atoms with Gasteiger partial charge in [0.05, 0.1) is 13.2 Å². The van der Waals surface area contributed by atoms with Crippen molar-refractivity contribution in [1.29, 1.82) is 0 Å². The number of nitrogens with one attached hydrogen (secondary N) is 1. The summed E-state index contributed by atoms with van der Waals surface area (Å²) in [5.74, 6) is -0.978. The first-order valence-electron chi connectivity index (χ1n) is 9.01. The molecule has 1 saturated carbocycles. The molecule has 5 N–H and O–H groups in total. The number of aromatic hydroxyl groups is 1. The third-order valence-corrected chi connectivity index (χ3v) is 5.33. The van der Waals surface area contributed by atoms with Gasteiger partial charge in [0.15, 0.2) is 17.3 Å². The number of hydrogen-bond acceptors (Lipinski definition) is 6. The van der Waals surface area contributed by atoms with Gasteiger partial charge in [-0.1, -0.05) is 0 Å². The zero-order valence-corrected chi connectivity index (χ0v) is 15.2. The quantitative estimate of drug-likeness (QED) is 0.622. The lowest BCUT2D eigenvalue weighted by Gasteiger charge is -2.25. The Bertz CT molecular complexity index is 1030. The highest BCUT2D eigenvalue weighted by Gasteiger charge is 2.34. The lowest BCUT2D eigenvalue weighted by Crippen LogP contribution is -2.36. The van der Waals surface area contributed by atoms with Gasteiger partial charge in [-0.2, -0.15) is 0 Å². The summed E-state index contributed by atoms with van der Waals surface area (Å²) in [6.45, 7) is 0.679. The largest absolute Gasteiger partial charge is 0.505 e. The van der Waals surface area contributed by atoms with Crippen LogP contribution in [0.2, 0.25) is 0 Å². The Balaban J connectivity index is 1.93. The molecular formula is C18H21FN4O5. The summed E-state index contributed by atoms with van der Waals surface area (Å²) in [5.41, 5.74) is 5.35. The predicted molar refractivity (Wildman–Crippen MR) is 101 cm³/mol. The second kappa shape index (κ2) is 6.47. The van der Waals surface area contributed by atoms with Gasteiger partial charge in [-0.25, -0.2) is 9.18 Å². The number of aromatic nitrogens is 1. The molecule has 1 unspecified atom stereocenters. The number of carbonyl (C=O) groups is 1. The summed E-state index contributed by atoms with van der Waals surface area (Å²) in [4.78, 5) is 25.3. The maximum atomic E-state index is 15.1. The van der Waals surface area contributed by atoms with Gasteiger partial charge in [0.1, 0.15) is 16.9 Å². The summed E-state index contributed by atoms with van der Waals surface area (Å²) in [6.07, 6.45) is 0.933. The minimum Gasteiger partial charge on any atom is -0.505 e. The number of carboxylic acid groups (broad SMARTS) is 1.